The van der Waals surface area contributed by atoms with Crippen molar-refractivity contribution in [3.63, 3.8) is 0 Å². The number of H-pyrrole nitrogens is 1. The number of hydrogen-bond acceptors (Lipinski definition) is 4. The van der Waals surface area contributed by atoms with Gasteiger partial charge in [-0.05, 0) is 37.1 Å². The lowest BCUT2D eigenvalue weighted by atomic mass is 10.0. The predicted octanol–water partition coefficient (Wildman–Crippen LogP) is 2.33. The lowest BCUT2D eigenvalue weighted by molar-refractivity contribution is -0.142. The highest BCUT2D eigenvalue weighted by Crippen LogP contribution is 2.32. The lowest BCUT2D eigenvalue weighted by Gasteiger charge is -2.35. The smallest absolute Gasteiger partial charge is 0.326 e. The van der Waals surface area contributed by atoms with Crippen molar-refractivity contribution in [3.05, 3.63) is 59.0 Å². The predicted molar refractivity (Wildman–Crippen MR) is 104 cm³/mol. The Morgan fingerprint density at radius 1 is 1.00 bits per heavy atom. The molecule has 1 saturated heterocycles. The molecular formula is C21H21N3O4. The molecule has 1 atom stereocenters. The molecule has 3 heterocycles. The first-order valence-electron chi connectivity index (χ1n) is 9.57. The Hall–Kier alpha value is -3.22. The molecule has 1 N–H and O–H groups in total. The van der Waals surface area contributed by atoms with E-state index in [1.54, 1.807) is 0 Å². The summed E-state index contributed by atoms with van der Waals surface area (Å²) in [6.07, 6.45) is 0.845. The van der Waals surface area contributed by atoms with Crippen LogP contribution in [-0.2, 0) is 4.79 Å². The topological polar surface area (TPSA) is 76.6 Å². The van der Waals surface area contributed by atoms with E-state index in [9.17, 15) is 9.59 Å². The Bertz CT molecular complexity index is 1080. The van der Waals surface area contributed by atoms with Crippen molar-refractivity contribution in [1.29, 1.82) is 0 Å². The number of rotatable bonds is 2. The number of imidazole rings is 1. The largest absolute Gasteiger partial charge is 0.485 e. The fourth-order valence-corrected chi connectivity index (χ4v) is 4.13. The number of amides is 1. The van der Waals surface area contributed by atoms with Gasteiger partial charge in [0.2, 0.25) is 6.10 Å². The van der Waals surface area contributed by atoms with Gasteiger partial charge in [-0.1, -0.05) is 24.3 Å². The molecular weight excluding hydrogens is 358 g/mol. The van der Waals surface area contributed by atoms with Gasteiger partial charge >= 0.3 is 5.69 Å². The second-order valence-electron chi connectivity index (χ2n) is 7.24. The second-order valence-corrected chi connectivity index (χ2v) is 7.24. The molecule has 2 aromatic carbocycles. The lowest BCUT2D eigenvalue weighted by Crippen LogP contribution is -2.49. The van der Waals surface area contributed by atoms with Gasteiger partial charge in [-0.25, -0.2) is 4.79 Å². The summed E-state index contributed by atoms with van der Waals surface area (Å²) >= 11 is 0. The summed E-state index contributed by atoms with van der Waals surface area (Å²) in [7, 11) is 0. The number of nitrogens with one attached hydrogen (secondary N) is 1. The first-order chi connectivity index (χ1) is 13.7. The fraction of sp³-hybridized carbons (Fsp3) is 0.333. The van der Waals surface area contributed by atoms with Crippen molar-refractivity contribution in [3.8, 4) is 11.5 Å². The van der Waals surface area contributed by atoms with Crippen LogP contribution in [0.15, 0.2) is 53.3 Å². The Morgan fingerprint density at radius 2 is 1.71 bits per heavy atom. The quantitative estimate of drug-likeness (QED) is 0.741. The molecule has 0 spiro atoms. The van der Waals surface area contributed by atoms with Gasteiger partial charge in [0.15, 0.2) is 11.5 Å². The number of piperidine rings is 1. The molecule has 0 bridgehead atoms. The van der Waals surface area contributed by atoms with Crippen LogP contribution in [0.25, 0.3) is 11.0 Å². The summed E-state index contributed by atoms with van der Waals surface area (Å²) in [6.45, 7) is 1.41. The zero-order valence-electron chi connectivity index (χ0n) is 15.3. The van der Waals surface area contributed by atoms with Crippen LogP contribution >= 0.6 is 0 Å². The molecule has 1 fully saturated rings. The van der Waals surface area contributed by atoms with Crippen molar-refractivity contribution in [2.24, 2.45) is 0 Å². The molecule has 1 amide bonds. The molecule has 2 aliphatic heterocycles. The Kier molecular flexibility index (Phi) is 4.07. The van der Waals surface area contributed by atoms with Crippen molar-refractivity contribution in [1.82, 2.24) is 14.5 Å². The average molecular weight is 379 g/mol. The fourth-order valence-electron chi connectivity index (χ4n) is 4.13. The molecule has 1 aromatic heterocycles. The third kappa shape index (κ3) is 2.83. The van der Waals surface area contributed by atoms with Crippen LogP contribution in [0.1, 0.15) is 18.9 Å². The summed E-state index contributed by atoms with van der Waals surface area (Å²) < 4.78 is 13.3. The van der Waals surface area contributed by atoms with Crippen LogP contribution in [-0.4, -0.2) is 46.2 Å². The maximum Gasteiger partial charge on any atom is 0.326 e. The first-order valence-corrected chi connectivity index (χ1v) is 9.57. The third-order valence-corrected chi connectivity index (χ3v) is 5.55. The van der Waals surface area contributed by atoms with Gasteiger partial charge in [0.25, 0.3) is 5.91 Å². The van der Waals surface area contributed by atoms with E-state index in [0.29, 0.717) is 24.6 Å². The van der Waals surface area contributed by atoms with Gasteiger partial charge in [-0.15, -0.1) is 0 Å². The van der Waals surface area contributed by atoms with E-state index in [2.05, 4.69) is 4.98 Å². The summed E-state index contributed by atoms with van der Waals surface area (Å²) in [5, 5.41) is 0. The molecule has 1 unspecified atom stereocenters. The highest BCUT2D eigenvalue weighted by Gasteiger charge is 2.33. The number of likely N-dealkylation sites (tertiary alicyclic amines) is 1. The van der Waals surface area contributed by atoms with Crippen LogP contribution in [0.5, 0.6) is 11.5 Å². The molecule has 3 aromatic rings. The van der Waals surface area contributed by atoms with Crippen LogP contribution in [0, 0.1) is 0 Å². The highest BCUT2D eigenvalue weighted by atomic mass is 16.6. The number of aromatic nitrogens is 2. The minimum absolute atomic E-state index is 0.0563. The number of aromatic amines is 1. The van der Waals surface area contributed by atoms with Gasteiger partial charge in [0.05, 0.1) is 11.0 Å². The summed E-state index contributed by atoms with van der Waals surface area (Å²) in [5.74, 6) is 1.22. The third-order valence-electron chi connectivity index (χ3n) is 5.55. The molecule has 0 radical (unpaired) electrons. The molecule has 5 rings (SSSR count). The molecule has 7 nitrogen and oxygen atoms in total. The minimum Gasteiger partial charge on any atom is -0.485 e. The number of benzene rings is 2. The van der Waals surface area contributed by atoms with E-state index in [0.717, 1.165) is 23.9 Å². The number of nitrogens with zero attached hydrogens (tertiary/aromatic N) is 2. The normalized spacial score (nSPS) is 19.7. The van der Waals surface area contributed by atoms with E-state index in [-0.39, 0.29) is 24.2 Å². The molecule has 2 aliphatic rings. The highest BCUT2D eigenvalue weighted by molar-refractivity contribution is 5.82. The zero-order valence-corrected chi connectivity index (χ0v) is 15.3. The van der Waals surface area contributed by atoms with Crippen molar-refractivity contribution in [2.75, 3.05) is 19.7 Å². The Balaban J connectivity index is 1.28. The summed E-state index contributed by atoms with van der Waals surface area (Å²) in [4.78, 5) is 30.0. The van der Waals surface area contributed by atoms with Gasteiger partial charge in [-0.3, -0.25) is 9.36 Å². The molecule has 0 aliphatic carbocycles. The standard InChI is InChI=1S/C21H21N3O4/c25-20(19-13-27-17-7-3-4-8-18(17)28-19)23-11-9-14(10-12-23)24-16-6-2-1-5-15(16)22-21(24)26/h1-8,14,19H,9-13H2,(H,22,26). The summed E-state index contributed by atoms with van der Waals surface area (Å²) in [6, 6.07) is 15.2. The van der Waals surface area contributed by atoms with E-state index in [1.165, 1.54) is 0 Å². The number of hydrogen-bond donors (Lipinski definition) is 1. The van der Waals surface area contributed by atoms with Gasteiger partial charge in [-0.2, -0.15) is 0 Å². The number of carbonyl (C=O) groups is 1. The van der Waals surface area contributed by atoms with Crippen LogP contribution in [0.2, 0.25) is 0 Å². The second kappa shape index (κ2) is 6.74. The van der Waals surface area contributed by atoms with E-state index in [1.807, 2.05) is 58.0 Å². The van der Waals surface area contributed by atoms with Gasteiger partial charge in [0, 0.05) is 19.1 Å². The van der Waals surface area contributed by atoms with Crippen LogP contribution in [0.4, 0.5) is 0 Å². The number of para-hydroxylation sites is 4. The number of carbonyl (C=O) groups excluding carboxylic acids is 1. The Morgan fingerprint density at radius 3 is 2.54 bits per heavy atom. The monoisotopic (exact) mass is 379 g/mol. The number of fused-ring (bicyclic) bond motifs is 2. The minimum atomic E-state index is -0.623. The molecule has 28 heavy (non-hydrogen) atoms. The van der Waals surface area contributed by atoms with E-state index in [4.69, 9.17) is 9.47 Å². The van der Waals surface area contributed by atoms with Crippen LogP contribution in [0.3, 0.4) is 0 Å². The van der Waals surface area contributed by atoms with Crippen molar-refractivity contribution >= 4 is 16.9 Å². The number of ether oxygens (including phenoxy) is 2. The van der Waals surface area contributed by atoms with Gasteiger partial charge < -0.3 is 19.4 Å². The molecule has 144 valence electrons. The maximum absolute atomic E-state index is 12.9. The van der Waals surface area contributed by atoms with Crippen LogP contribution < -0.4 is 15.2 Å². The van der Waals surface area contributed by atoms with Crippen molar-refractivity contribution in [2.45, 2.75) is 25.0 Å². The SMILES string of the molecule is O=C(C1COc2ccccc2O1)N1CCC(n2c(=O)[nH]c3ccccc32)CC1. The molecule has 7 heteroatoms. The zero-order chi connectivity index (χ0) is 19.1. The first kappa shape index (κ1) is 16.9. The van der Waals surface area contributed by atoms with Gasteiger partial charge in [0.1, 0.15) is 6.61 Å². The van der Waals surface area contributed by atoms with E-state index >= 15 is 0 Å². The maximum atomic E-state index is 12.9. The Labute approximate surface area is 161 Å². The van der Waals surface area contributed by atoms with E-state index < -0.39 is 6.10 Å². The van der Waals surface area contributed by atoms with Crippen molar-refractivity contribution < 1.29 is 14.3 Å². The molecule has 0 saturated carbocycles. The summed E-state index contributed by atoms with van der Waals surface area (Å²) in [5.41, 5.74) is 1.67. The average Bonchev–Trinajstić information content (AvgIpc) is 3.08.